The van der Waals surface area contributed by atoms with E-state index in [1.807, 2.05) is 24.3 Å². The molecule has 1 amide bonds. The summed E-state index contributed by atoms with van der Waals surface area (Å²) in [5, 5.41) is 6.19. The van der Waals surface area contributed by atoms with E-state index in [1.54, 1.807) is 18.5 Å². The van der Waals surface area contributed by atoms with Crippen LogP contribution in [0.3, 0.4) is 0 Å². The minimum Gasteiger partial charge on any atom is -0.352 e. The molecule has 2 aromatic rings. The Kier molecular flexibility index (Phi) is 3.99. The van der Waals surface area contributed by atoms with Gasteiger partial charge in [0.25, 0.3) is 5.91 Å². The lowest BCUT2D eigenvalue weighted by molar-refractivity contribution is 0.0945. The van der Waals surface area contributed by atoms with Crippen LogP contribution >= 0.6 is 0 Å². The van der Waals surface area contributed by atoms with Crippen LogP contribution in [0.4, 0.5) is 11.6 Å². The smallest absolute Gasteiger partial charge is 0.251 e. The van der Waals surface area contributed by atoms with Crippen LogP contribution in [0.2, 0.25) is 0 Å². The molecule has 122 valence electrons. The Morgan fingerprint density at radius 3 is 2.75 bits per heavy atom. The predicted octanol–water partition coefficient (Wildman–Crippen LogP) is 3.16. The Balaban J connectivity index is 1.37. The number of benzene rings is 1. The zero-order valence-corrected chi connectivity index (χ0v) is 13.4. The largest absolute Gasteiger partial charge is 0.352 e. The molecule has 3 unspecified atom stereocenters. The number of fused-ring (bicyclic) bond motifs is 2. The highest BCUT2D eigenvalue weighted by molar-refractivity contribution is 5.95. The van der Waals surface area contributed by atoms with Crippen LogP contribution in [0.15, 0.2) is 54.9 Å². The molecule has 2 aliphatic carbocycles. The number of nitrogens with one attached hydrogen (secondary N) is 2. The SMILES string of the molecule is O=C(NCC1CC2C=CC1C2)c1cccc(Nc2ncccn2)c1. The molecule has 0 spiro atoms. The number of hydrogen-bond acceptors (Lipinski definition) is 4. The molecule has 3 atom stereocenters. The number of carbonyl (C=O) groups is 1. The van der Waals surface area contributed by atoms with Gasteiger partial charge in [-0.25, -0.2) is 9.97 Å². The molecule has 2 N–H and O–H groups in total. The third-order valence-corrected chi connectivity index (χ3v) is 4.89. The van der Waals surface area contributed by atoms with Crippen LogP contribution < -0.4 is 10.6 Å². The number of anilines is 2. The third-order valence-electron chi connectivity index (χ3n) is 4.89. The van der Waals surface area contributed by atoms with Crippen LogP contribution in [0.5, 0.6) is 0 Å². The van der Waals surface area contributed by atoms with Crippen LogP contribution in [-0.2, 0) is 0 Å². The average molecular weight is 320 g/mol. The van der Waals surface area contributed by atoms with E-state index in [4.69, 9.17) is 0 Å². The van der Waals surface area contributed by atoms with Gasteiger partial charge in [0.05, 0.1) is 0 Å². The second-order valence-electron chi connectivity index (χ2n) is 6.53. The van der Waals surface area contributed by atoms with E-state index >= 15 is 0 Å². The van der Waals surface area contributed by atoms with Crippen LogP contribution in [0.25, 0.3) is 0 Å². The van der Waals surface area contributed by atoms with Crippen molar-refractivity contribution >= 4 is 17.5 Å². The monoisotopic (exact) mass is 320 g/mol. The Morgan fingerprint density at radius 2 is 2.00 bits per heavy atom. The maximum atomic E-state index is 12.4. The topological polar surface area (TPSA) is 66.9 Å². The van der Waals surface area contributed by atoms with Gasteiger partial charge in [-0.3, -0.25) is 4.79 Å². The zero-order chi connectivity index (χ0) is 16.4. The van der Waals surface area contributed by atoms with Gasteiger partial charge in [-0.15, -0.1) is 0 Å². The van der Waals surface area contributed by atoms with Crippen molar-refractivity contribution in [2.75, 3.05) is 11.9 Å². The van der Waals surface area contributed by atoms with Gasteiger partial charge in [-0.2, -0.15) is 0 Å². The number of allylic oxidation sites excluding steroid dienone is 2. The van der Waals surface area contributed by atoms with Gasteiger partial charge in [-0.05, 0) is 54.9 Å². The highest BCUT2D eigenvalue weighted by Crippen LogP contribution is 2.42. The zero-order valence-electron chi connectivity index (χ0n) is 13.4. The lowest BCUT2D eigenvalue weighted by atomic mass is 9.93. The summed E-state index contributed by atoms with van der Waals surface area (Å²) in [5.74, 6) is 2.46. The number of amides is 1. The third kappa shape index (κ3) is 3.15. The van der Waals surface area contributed by atoms with Gasteiger partial charge < -0.3 is 10.6 Å². The van der Waals surface area contributed by atoms with E-state index in [0.29, 0.717) is 23.3 Å². The van der Waals surface area contributed by atoms with Crippen molar-refractivity contribution in [1.82, 2.24) is 15.3 Å². The molecule has 24 heavy (non-hydrogen) atoms. The van der Waals surface area contributed by atoms with Gasteiger partial charge >= 0.3 is 0 Å². The van der Waals surface area contributed by atoms with Crippen molar-refractivity contribution in [2.24, 2.45) is 17.8 Å². The first-order chi connectivity index (χ1) is 11.8. The summed E-state index contributed by atoms with van der Waals surface area (Å²) in [6.07, 6.45) is 10.5. The van der Waals surface area contributed by atoms with Gasteiger partial charge in [0.15, 0.2) is 0 Å². The Bertz CT molecular complexity index is 759. The molecule has 1 saturated carbocycles. The number of hydrogen-bond donors (Lipinski definition) is 2. The first-order valence-corrected chi connectivity index (χ1v) is 8.38. The number of carbonyl (C=O) groups excluding carboxylic acids is 1. The van der Waals surface area contributed by atoms with E-state index < -0.39 is 0 Å². The lowest BCUT2D eigenvalue weighted by Gasteiger charge is -2.18. The molecule has 2 bridgehead atoms. The van der Waals surface area contributed by atoms with Crippen LogP contribution in [0, 0.1) is 17.8 Å². The summed E-state index contributed by atoms with van der Waals surface area (Å²) in [6, 6.07) is 9.17. The van der Waals surface area contributed by atoms with Crippen LogP contribution in [0.1, 0.15) is 23.2 Å². The second kappa shape index (κ2) is 6.43. The van der Waals surface area contributed by atoms with E-state index in [9.17, 15) is 4.79 Å². The molecule has 1 fully saturated rings. The van der Waals surface area contributed by atoms with Gasteiger partial charge in [-0.1, -0.05) is 18.2 Å². The molecule has 0 radical (unpaired) electrons. The Labute approximate surface area is 141 Å². The van der Waals surface area contributed by atoms with Crippen molar-refractivity contribution in [3.63, 3.8) is 0 Å². The molecular weight excluding hydrogens is 300 g/mol. The molecule has 1 aromatic heterocycles. The van der Waals surface area contributed by atoms with E-state index in [1.165, 1.54) is 12.8 Å². The lowest BCUT2D eigenvalue weighted by Crippen LogP contribution is -2.30. The maximum Gasteiger partial charge on any atom is 0.251 e. The van der Waals surface area contributed by atoms with Crippen molar-refractivity contribution < 1.29 is 4.79 Å². The first kappa shape index (κ1) is 14.9. The van der Waals surface area contributed by atoms with Gasteiger partial charge in [0, 0.05) is 30.2 Å². The van der Waals surface area contributed by atoms with Crippen LogP contribution in [-0.4, -0.2) is 22.4 Å². The summed E-state index contributed by atoms with van der Waals surface area (Å²) in [7, 11) is 0. The molecule has 0 aliphatic heterocycles. The minimum absolute atomic E-state index is 0.0283. The summed E-state index contributed by atoms with van der Waals surface area (Å²) >= 11 is 0. The first-order valence-electron chi connectivity index (χ1n) is 8.38. The molecule has 5 heteroatoms. The highest BCUT2D eigenvalue weighted by atomic mass is 16.1. The summed E-state index contributed by atoms with van der Waals surface area (Å²) in [5.41, 5.74) is 1.45. The molecule has 5 nitrogen and oxygen atoms in total. The minimum atomic E-state index is -0.0283. The normalized spacial score (nSPS) is 24.1. The maximum absolute atomic E-state index is 12.4. The number of rotatable bonds is 5. The average Bonchev–Trinajstić information content (AvgIpc) is 3.24. The number of aromatic nitrogens is 2. The fraction of sp³-hybridized carbons (Fsp3) is 0.316. The fourth-order valence-corrected chi connectivity index (χ4v) is 3.69. The molecule has 0 saturated heterocycles. The van der Waals surface area contributed by atoms with E-state index in [0.717, 1.165) is 18.2 Å². The summed E-state index contributed by atoms with van der Waals surface area (Å²) < 4.78 is 0. The second-order valence-corrected chi connectivity index (χ2v) is 6.53. The standard InChI is InChI=1S/C19H20N4O/c24-18(22-12-16-10-13-5-6-14(16)9-13)15-3-1-4-17(11-15)23-19-20-7-2-8-21-19/h1-8,11,13-14,16H,9-10,12H2,(H,22,24)(H,20,21,23). The van der Waals surface area contributed by atoms with Gasteiger partial charge in [0.2, 0.25) is 5.95 Å². The molecular formula is C19H20N4O. The van der Waals surface area contributed by atoms with E-state index in [2.05, 4.69) is 32.8 Å². The molecule has 1 heterocycles. The number of nitrogens with zero attached hydrogens (tertiary/aromatic N) is 2. The summed E-state index contributed by atoms with van der Waals surface area (Å²) in [4.78, 5) is 20.7. The quantitative estimate of drug-likeness (QED) is 0.831. The van der Waals surface area contributed by atoms with Crippen molar-refractivity contribution in [1.29, 1.82) is 0 Å². The highest BCUT2D eigenvalue weighted by Gasteiger charge is 2.35. The van der Waals surface area contributed by atoms with Crippen molar-refractivity contribution in [3.05, 3.63) is 60.4 Å². The Morgan fingerprint density at radius 1 is 1.12 bits per heavy atom. The molecule has 4 rings (SSSR count). The van der Waals surface area contributed by atoms with Crippen molar-refractivity contribution in [3.8, 4) is 0 Å². The molecule has 2 aliphatic rings. The predicted molar refractivity (Wildman–Crippen MR) is 92.9 cm³/mol. The van der Waals surface area contributed by atoms with Gasteiger partial charge in [0.1, 0.15) is 0 Å². The summed E-state index contributed by atoms with van der Waals surface area (Å²) in [6.45, 7) is 0.754. The fourth-order valence-electron chi connectivity index (χ4n) is 3.69. The van der Waals surface area contributed by atoms with E-state index in [-0.39, 0.29) is 5.91 Å². The Hall–Kier alpha value is -2.69. The van der Waals surface area contributed by atoms with Crippen molar-refractivity contribution in [2.45, 2.75) is 12.8 Å². The molecule has 1 aromatic carbocycles.